The van der Waals surface area contributed by atoms with E-state index in [0.717, 1.165) is 53.9 Å². The lowest BCUT2D eigenvalue weighted by atomic mass is 9.46. The third-order valence-corrected chi connectivity index (χ3v) is 11.4. The highest BCUT2D eigenvalue weighted by Crippen LogP contribution is 2.60. The molecule has 7 heteroatoms. The van der Waals surface area contributed by atoms with Crippen LogP contribution in [0.5, 0.6) is 11.5 Å². The van der Waals surface area contributed by atoms with Gasteiger partial charge in [0.05, 0.1) is 27.6 Å². The Balaban J connectivity index is 1.16. The maximum Gasteiger partial charge on any atom is 0.265 e. The summed E-state index contributed by atoms with van der Waals surface area (Å²) in [6.45, 7) is 13.4. The van der Waals surface area contributed by atoms with Gasteiger partial charge in [-0.15, -0.1) is 0 Å². The molecule has 2 aliphatic heterocycles. The highest BCUT2D eigenvalue weighted by atomic mass is 16.5. The molecule has 0 saturated carbocycles. The molecular formula is C36H36N4O3. The smallest absolute Gasteiger partial charge is 0.265 e. The van der Waals surface area contributed by atoms with Crippen molar-refractivity contribution in [3.8, 4) is 22.9 Å². The largest absolute Gasteiger partial charge is 0.457 e. The predicted octanol–water partition coefficient (Wildman–Crippen LogP) is 8.37. The molecule has 4 unspecified atom stereocenters. The Morgan fingerprint density at radius 3 is 2.09 bits per heavy atom. The van der Waals surface area contributed by atoms with Gasteiger partial charge in [-0.25, -0.2) is 9.97 Å². The summed E-state index contributed by atoms with van der Waals surface area (Å²) in [6.07, 6.45) is 3.82. The first-order chi connectivity index (χ1) is 20.7. The Kier molecular flexibility index (Phi) is 5.31. The van der Waals surface area contributed by atoms with E-state index in [0.29, 0.717) is 28.2 Å². The summed E-state index contributed by atoms with van der Waals surface area (Å²) in [5.74, 6) is 2.85. The van der Waals surface area contributed by atoms with Crippen LogP contribution < -0.4 is 4.74 Å². The van der Waals surface area contributed by atoms with Crippen molar-refractivity contribution >= 4 is 33.9 Å². The van der Waals surface area contributed by atoms with Gasteiger partial charge in [0.1, 0.15) is 23.1 Å². The molecule has 0 bridgehead atoms. The highest BCUT2D eigenvalue weighted by Gasteiger charge is 2.55. The number of nitrogens with zero attached hydrogens (tertiary/aromatic N) is 4. The third kappa shape index (κ3) is 3.10. The van der Waals surface area contributed by atoms with E-state index in [1.54, 1.807) is 9.13 Å². The lowest BCUT2D eigenvalue weighted by Gasteiger charge is -2.57. The van der Waals surface area contributed by atoms with Crippen molar-refractivity contribution in [1.29, 1.82) is 0 Å². The molecule has 4 atom stereocenters. The average Bonchev–Trinajstić information content (AvgIpc) is 3.72. The van der Waals surface area contributed by atoms with Crippen molar-refractivity contribution in [3.05, 3.63) is 71.0 Å². The van der Waals surface area contributed by atoms with E-state index in [1.807, 2.05) is 36.4 Å². The second-order valence-electron chi connectivity index (χ2n) is 13.0. The van der Waals surface area contributed by atoms with Gasteiger partial charge in [0.15, 0.2) is 0 Å². The van der Waals surface area contributed by atoms with E-state index >= 15 is 0 Å². The number of rotatable bonds is 6. The zero-order chi connectivity index (χ0) is 30.0. The van der Waals surface area contributed by atoms with Crippen molar-refractivity contribution in [2.45, 2.75) is 84.0 Å². The Bertz CT molecular complexity index is 2050. The summed E-state index contributed by atoms with van der Waals surface area (Å²) < 4.78 is 9.79. The minimum Gasteiger partial charge on any atom is -0.457 e. The Morgan fingerprint density at radius 1 is 0.721 bits per heavy atom. The van der Waals surface area contributed by atoms with Gasteiger partial charge in [0.25, 0.3) is 5.91 Å². The Hall–Kier alpha value is -4.26. The topological polar surface area (TPSA) is 79.0 Å². The molecule has 0 amide bonds. The molecule has 3 aromatic carbocycles. The molecule has 1 aliphatic carbocycles. The van der Waals surface area contributed by atoms with E-state index in [2.05, 4.69) is 53.7 Å². The summed E-state index contributed by atoms with van der Waals surface area (Å²) in [5, 5.41) is 0. The van der Waals surface area contributed by atoms with Gasteiger partial charge < -0.3 is 4.74 Å². The number of carbonyl (C=O) groups is 2. The zero-order valence-electron chi connectivity index (χ0n) is 25.6. The number of aromatic nitrogens is 4. The number of hydrogen-bond donors (Lipinski definition) is 0. The van der Waals surface area contributed by atoms with Gasteiger partial charge in [-0.2, -0.15) is 0 Å². The monoisotopic (exact) mass is 572 g/mol. The summed E-state index contributed by atoms with van der Waals surface area (Å²) in [7, 11) is 0. The predicted molar refractivity (Wildman–Crippen MR) is 167 cm³/mol. The average molecular weight is 573 g/mol. The van der Waals surface area contributed by atoms with Gasteiger partial charge in [-0.05, 0) is 79.3 Å². The second kappa shape index (κ2) is 8.65. The second-order valence-corrected chi connectivity index (χ2v) is 13.0. The van der Waals surface area contributed by atoms with Crippen LogP contribution in [0.4, 0.5) is 0 Å². The van der Waals surface area contributed by atoms with E-state index in [4.69, 9.17) is 14.7 Å². The number of imidazole rings is 2. The molecule has 3 aliphatic rings. The quantitative estimate of drug-likeness (QED) is 0.200. The molecule has 2 aromatic heterocycles. The van der Waals surface area contributed by atoms with Gasteiger partial charge in [-0.1, -0.05) is 47.6 Å². The molecule has 0 radical (unpaired) electrons. The van der Waals surface area contributed by atoms with E-state index in [9.17, 15) is 9.59 Å². The highest BCUT2D eigenvalue weighted by molar-refractivity contribution is 6.14. The maximum atomic E-state index is 13.9. The van der Waals surface area contributed by atoms with Crippen LogP contribution in [0.3, 0.4) is 0 Å². The van der Waals surface area contributed by atoms with Crippen molar-refractivity contribution < 1.29 is 14.3 Å². The minimum absolute atomic E-state index is 0.0544. The van der Waals surface area contributed by atoms with Crippen molar-refractivity contribution in [2.75, 3.05) is 0 Å². The molecule has 0 spiro atoms. The van der Waals surface area contributed by atoms with Crippen LogP contribution >= 0.6 is 0 Å². The summed E-state index contributed by atoms with van der Waals surface area (Å²) in [4.78, 5) is 37.0. The summed E-state index contributed by atoms with van der Waals surface area (Å²) >= 11 is 0. The minimum atomic E-state index is -0.142. The van der Waals surface area contributed by atoms with Crippen LogP contribution in [0.2, 0.25) is 0 Å². The van der Waals surface area contributed by atoms with Gasteiger partial charge in [0, 0.05) is 28.2 Å². The fraction of sp³-hybridized carbons (Fsp3) is 0.389. The van der Waals surface area contributed by atoms with Gasteiger partial charge in [0.2, 0.25) is 5.91 Å². The fourth-order valence-corrected chi connectivity index (χ4v) is 8.41. The summed E-state index contributed by atoms with van der Waals surface area (Å²) in [6, 6.07) is 15.9. The molecule has 0 saturated heterocycles. The van der Waals surface area contributed by atoms with Gasteiger partial charge >= 0.3 is 0 Å². The van der Waals surface area contributed by atoms with Crippen molar-refractivity contribution in [1.82, 2.24) is 19.1 Å². The molecule has 4 heterocycles. The number of benzene rings is 3. The first-order valence-electron chi connectivity index (χ1n) is 15.7. The van der Waals surface area contributed by atoms with Crippen LogP contribution in [0.15, 0.2) is 48.5 Å². The fourth-order valence-electron chi connectivity index (χ4n) is 8.41. The van der Waals surface area contributed by atoms with Crippen LogP contribution in [0.25, 0.3) is 33.5 Å². The normalized spacial score (nSPS) is 25.2. The molecule has 0 fully saturated rings. The van der Waals surface area contributed by atoms with Gasteiger partial charge in [-0.3, -0.25) is 18.7 Å². The molecule has 218 valence electrons. The van der Waals surface area contributed by atoms with Crippen LogP contribution in [0, 0.1) is 5.92 Å². The number of fused-ring (bicyclic) bond motifs is 9. The first kappa shape index (κ1) is 26.4. The molecule has 5 aromatic rings. The number of carbonyl (C=O) groups excluding carboxylic acids is 2. The zero-order valence-corrected chi connectivity index (χ0v) is 25.6. The molecule has 8 rings (SSSR count). The molecule has 43 heavy (non-hydrogen) atoms. The molecule has 0 N–H and O–H groups in total. The lowest BCUT2D eigenvalue weighted by molar-refractivity contribution is 0.0853. The van der Waals surface area contributed by atoms with E-state index in [1.165, 1.54) is 11.1 Å². The maximum absolute atomic E-state index is 13.9. The first-order valence-corrected chi connectivity index (χ1v) is 15.7. The summed E-state index contributed by atoms with van der Waals surface area (Å²) in [5.41, 5.74) is 7.27. The number of hydrogen-bond acceptors (Lipinski definition) is 5. The van der Waals surface area contributed by atoms with E-state index in [-0.39, 0.29) is 34.5 Å². The SMILES string of the molecule is CCC1C(=O)n2c(nc3cc4nc5n(c4cc32)C(=O)c2cc(Oc3ccc4c(c3)C(C)(CC)C4(C)CC)ccc2-5)C1CC. The van der Waals surface area contributed by atoms with Crippen LogP contribution in [-0.2, 0) is 10.8 Å². The van der Waals surface area contributed by atoms with Crippen LogP contribution in [0.1, 0.15) is 105 Å². The Labute approximate surface area is 250 Å². The standard InChI is InChI=1S/C36H36N4O3/c1-7-21-22(8-2)33(41)39-29-18-30-28(17-27(29)37-31(21)39)38-32-23-13-11-19(15-24(23)34(42)40(30)32)43-20-12-14-25-26(16-20)36(6,10-4)35(25,5)9-3/h11-18,21-22H,7-10H2,1-6H3. The van der Waals surface area contributed by atoms with Crippen molar-refractivity contribution in [2.24, 2.45) is 5.92 Å². The molecule has 7 nitrogen and oxygen atoms in total. The van der Waals surface area contributed by atoms with Crippen LogP contribution in [-0.4, -0.2) is 30.9 Å². The molecular weight excluding hydrogens is 536 g/mol. The van der Waals surface area contributed by atoms with E-state index < -0.39 is 0 Å². The van der Waals surface area contributed by atoms with Crippen molar-refractivity contribution in [3.63, 3.8) is 0 Å². The third-order valence-electron chi connectivity index (χ3n) is 11.4. The number of ether oxygens (including phenoxy) is 1. The lowest BCUT2D eigenvalue weighted by Crippen LogP contribution is -2.54. The Morgan fingerprint density at radius 2 is 1.37 bits per heavy atom.